The summed E-state index contributed by atoms with van der Waals surface area (Å²) in [5.74, 6) is -0.0604. The Morgan fingerprint density at radius 2 is 1.88 bits per heavy atom. The van der Waals surface area contributed by atoms with Crippen LogP contribution in [0.15, 0.2) is 60.9 Å². The number of aryl methyl sites for hydroxylation is 1. The molecule has 0 radical (unpaired) electrons. The molecule has 0 saturated heterocycles. The maximum absolute atomic E-state index is 12.0. The van der Waals surface area contributed by atoms with Crippen LogP contribution < -0.4 is 16.1 Å². The van der Waals surface area contributed by atoms with Gasteiger partial charge in [0.25, 0.3) is 0 Å². The number of oxazole rings is 1. The fourth-order valence-electron chi connectivity index (χ4n) is 2.90. The van der Waals surface area contributed by atoms with Crippen LogP contribution in [-0.4, -0.2) is 11.2 Å². The molecule has 0 saturated carbocycles. The molecule has 0 aliphatic heterocycles. The maximum Gasteiger partial charge on any atom is 0.420 e. The Bertz CT molecular complexity index is 1230. The monoisotopic (exact) mass is 371 g/mol. The lowest BCUT2D eigenvalue weighted by atomic mass is 10.1. The number of para-hydroxylation sites is 2. The Morgan fingerprint density at radius 1 is 1.08 bits per heavy atom. The highest BCUT2D eigenvalue weighted by atomic mass is 35.5. The van der Waals surface area contributed by atoms with Crippen molar-refractivity contribution < 1.29 is 13.6 Å². The molecule has 0 aliphatic carbocycles. The molecule has 0 spiro atoms. The van der Waals surface area contributed by atoms with Gasteiger partial charge in [-0.3, -0.25) is 4.57 Å². The molecule has 6 nitrogen and oxygen atoms in total. The average Bonchev–Trinajstić information content (AvgIpc) is 2.92. The van der Waals surface area contributed by atoms with Gasteiger partial charge in [-0.25, -0.2) is 9.59 Å². The summed E-state index contributed by atoms with van der Waals surface area (Å²) in [5.41, 5.74) is 1.98. The lowest BCUT2D eigenvalue weighted by molar-refractivity contribution is 0.294. The summed E-state index contributed by atoms with van der Waals surface area (Å²) in [7, 11) is 0. The Balaban J connectivity index is 1.60. The van der Waals surface area contributed by atoms with Gasteiger partial charge in [-0.05, 0) is 30.7 Å². The molecule has 132 valence electrons. The molecule has 0 unspecified atom stereocenters. The van der Waals surface area contributed by atoms with E-state index in [1.807, 2.05) is 13.0 Å². The minimum absolute atomic E-state index is 0.199. The zero-order valence-corrected chi connectivity index (χ0v) is 14.6. The number of fused-ring (bicyclic) bond motifs is 2. The summed E-state index contributed by atoms with van der Waals surface area (Å²) in [6, 6.07) is 11.9. The van der Waals surface area contributed by atoms with Gasteiger partial charge in [0, 0.05) is 17.5 Å². The number of hydrogen-bond donors (Lipinski definition) is 0. The van der Waals surface area contributed by atoms with Crippen LogP contribution in [0, 0.1) is 6.92 Å². The van der Waals surface area contributed by atoms with E-state index in [4.69, 9.17) is 25.2 Å². The van der Waals surface area contributed by atoms with Crippen LogP contribution in [0.25, 0.3) is 22.1 Å². The van der Waals surface area contributed by atoms with Crippen LogP contribution >= 0.6 is 11.6 Å². The normalized spacial score (nSPS) is 11.3. The van der Waals surface area contributed by atoms with E-state index in [0.29, 0.717) is 34.0 Å². The molecule has 0 amide bonds. The summed E-state index contributed by atoms with van der Waals surface area (Å²) in [5, 5.41) is 1.15. The van der Waals surface area contributed by atoms with E-state index in [1.54, 1.807) is 30.3 Å². The van der Waals surface area contributed by atoms with E-state index in [9.17, 15) is 9.59 Å². The topological polar surface area (TPSA) is 74.6 Å². The predicted molar refractivity (Wildman–Crippen MR) is 98.2 cm³/mol. The third-order valence-electron chi connectivity index (χ3n) is 4.15. The molecule has 2 aromatic heterocycles. The zero-order chi connectivity index (χ0) is 18.3. The van der Waals surface area contributed by atoms with Gasteiger partial charge in [0.1, 0.15) is 17.9 Å². The van der Waals surface area contributed by atoms with Gasteiger partial charge < -0.3 is 13.6 Å². The fraction of sp³-hybridized carbons (Fsp3) is 0.158. The molecule has 26 heavy (non-hydrogen) atoms. The highest BCUT2D eigenvalue weighted by molar-refractivity contribution is 6.32. The number of nitrogens with zero attached hydrogens (tertiary/aromatic N) is 1. The number of hydrogen-bond acceptors (Lipinski definition) is 5. The molecule has 7 heteroatoms. The fourth-order valence-corrected chi connectivity index (χ4v) is 3.12. The summed E-state index contributed by atoms with van der Waals surface area (Å²) >= 11 is 6.27. The van der Waals surface area contributed by atoms with E-state index in [-0.39, 0.29) is 6.61 Å². The Labute approximate surface area is 152 Å². The van der Waals surface area contributed by atoms with E-state index >= 15 is 0 Å². The number of aromatic nitrogens is 1. The van der Waals surface area contributed by atoms with E-state index in [2.05, 4.69) is 0 Å². The van der Waals surface area contributed by atoms with Crippen molar-refractivity contribution in [2.75, 3.05) is 6.61 Å². The highest BCUT2D eigenvalue weighted by Gasteiger charge is 2.11. The first-order valence-corrected chi connectivity index (χ1v) is 8.36. The largest absolute Gasteiger partial charge is 0.490 e. The summed E-state index contributed by atoms with van der Waals surface area (Å²) in [6.07, 6.45) is 0. The molecule has 4 aromatic rings. The minimum atomic E-state index is -0.443. The Morgan fingerprint density at radius 3 is 2.73 bits per heavy atom. The summed E-state index contributed by atoms with van der Waals surface area (Å²) in [4.78, 5) is 23.5. The molecule has 4 rings (SSSR count). The maximum atomic E-state index is 12.0. The first kappa shape index (κ1) is 16.5. The van der Waals surface area contributed by atoms with Gasteiger partial charge in [0.15, 0.2) is 5.58 Å². The van der Waals surface area contributed by atoms with Crippen molar-refractivity contribution in [3.05, 3.63) is 74.0 Å². The van der Waals surface area contributed by atoms with E-state index in [1.165, 1.54) is 10.6 Å². The van der Waals surface area contributed by atoms with Crippen molar-refractivity contribution in [2.45, 2.75) is 13.5 Å². The molecule has 2 heterocycles. The second kappa shape index (κ2) is 6.38. The van der Waals surface area contributed by atoms with Gasteiger partial charge in [0.2, 0.25) is 0 Å². The van der Waals surface area contributed by atoms with Gasteiger partial charge >= 0.3 is 11.4 Å². The van der Waals surface area contributed by atoms with Crippen molar-refractivity contribution in [3.8, 4) is 5.75 Å². The second-order valence-corrected chi connectivity index (χ2v) is 6.27. The molecular formula is C19H14ClNO5. The Hall–Kier alpha value is -2.99. The molecule has 0 aliphatic rings. The third-order valence-corrected chi connectivity index (χ3v) is 4.45. The van der Waals surface area contributed by atoms with Crippen LogP contribution in [0.4, 0.5) is 0 Å². The first-order chi connectivity index (χ1) is 12.5. The van der Waals surface area contributed by atoms with Gasteiger partial charge in [-0.2, -0.15) is 0 Å². The SMILES string of the molecule is Cc1cc(=O)oc2cc(OCCn3c(=O)oc4ccccc43)c(Cl)cc12. The first-order valence-electron chi connectivity index (χ1n) is 7.98. The second-order valence-electron chi connectivity index (χ2n) is 5.86. The van der Waals surface area contributed by atoms with Crippen molar-refractivity contribution >= 4 is 33.7 Å². The highest BCUT2D eigenvalue weighted by Crippen LogP contribution is 2.31. The van der Waals surface area contributed by atoms with E-state index in [0.717, 1.165) is 10.9 Å². The molecule has 0 N–H and O–H groups in total. The molecule has 0 bridgehead atoms. The average molecular weight is 372 g/mol. The third kappa shape index (κ3) is 2.88. The standard InChI is InChI=1S/C19H14ClNO5/c1-11-8-18(22)25-16-10-17(13(20)9-12(11)16)24-7-6-21-14-4-2-3-5-15(14)26-19(21)23/h2-5,8-10H,6-7H2,1H3. The predicted octanol–water partition coefficient (Wildman–Crippen LogP) is 3.74. The van der Waals surface area contributed by atoms with Crippen molar-refractivity contribution in [1.29, 1.82) is 0 Å². The molecular weight excluding hydrogens is 358 g/mol. The van der Waals surface area contributed by atoms with Crippen LogP contribution in [0.1, 0.15) is 5.56 Å². The Kier molecular flexibility index (Phi) is 4.05. The van der Waals surface area contributed by atoms with Crippen LogP contribution in [0.3, 0.4) is 0 Å². The minimum Gasteiger partial charge on any atom is -0.490 e. The van der Waals surface area contributed by atoms with Crippen LogP contribution in [0.5, 0.6) is 5.75 Å². The lowest BCUT2D eigenvalue weighted by Gasteiger charge is -2.10. The van der Waals surface area contributed by atoms with Crippen molar-refractivity contribution in [3.63, 3.8) is 0 Å². The van der Waals surface area contributed by atoms with Gasteiger partial charge in [-0.15, -0.1) is 0 Å². The van der Waals surface area contributed by atoms with E-state index < -0.39 is 11.4 Å². The summed E-state index contributed by atoms with van der Waals surface area (Å²) < 4.78 is 17.6. The quantitative estimate of drug-likeness (QED) is 0.511. The smallest absolute Gasteiger partial charge is 0.420 e. The lowest BCUT2D eigenvalue weighted by Crippen LogP contribution is -2.18. The molecule has 0 fully saturated rings. The van der Waals surface area contributed by atoms with Crippen molar-refractivity contribution in [2.24, 2.45) is 0 Å². The molecule has 0 atom stereocenters. The zero-order valence-electron chi connectivity index (χ0n) is 13.8. The summed E-state index contributed by atoms with van der Waals surface area (Å²) in [6.45, 7) is 2.30. The van der Waals surface area contributed by atoms with Crippen molar-refractivity contribution in [1.82, 2.24) is 4.57 Å². The molecule has 2 aromatic carbocycles. The van der Waals surface area contributed by atoms with Crippen LogP contribution in [0.2, 0.25) is 5.02 Å². The number of benzene rings is 2. The number of ether oxygens (including phenoxy) is 1. The van der Waals surface area contributed by atoms with Gasteiger partial charge in [0.05, 0.1) is 17.1 Å². The number of rotatable bonds is 4. The van der Waals surface area contributed by atoms with Crippen LogP contribution in [-0.2, 0) is 6.54 Å². The number of halogens is 1. The van der Waals surface area contributed by atoms with Gasteiger partial charge in [-0.1, -0.05) is 23.7 Å².